The third kappa shape index (κ3) is 8.45. The first-order chi connectivity index (χ1) is 24.6. The van der Waals surface area contributed by atoms with Crippen molar-refractivity contribution in [3.8, 4) is 6.07 Å². The second kappa shape index (κ2) is 15.3. The van der Waals surface area contributed by atoms with Crippen LogP contribution in [0.1, 0.15) is 75.3 Å². The number of ketones is 1. The highest BCUT2D eigenvalue weighted by molar-refractivity contribution is 6.09. The SMILES string of the molecule is CC1=C(C(=O)C2CCCCN2C(=O)OCc2ccccc2)C(c2ccc(C#N)cc2)N(CC(=O)OC(C)(C)C)C(=O)N1c1cccc(C(F)(F)F)c1. The standard InChI is InChI=1S/C39H39F3N4O6/c1-25-33(35(48)31-15-8-9-20-44(31)37(50)51-24-27-11-6-5-7-12-27)34(28-18-16-26(22-43)17-19-28)45(23-32(47)52-38(2,3)4)36(49)46(25)30-14-10-13-29(21-30)39(40,41)42/h5-7,10-14,16-19,21,31,34H,8-9,15,20,23-24H2,1-4H3. The summed E-state index contributed by atoms with van der Waals surface area (Å²) in [4.78, 5) is 59.9. The van der Waals surface area contributed by atoms with Gasteiger partial charge in [-0.1, -0.05) is 48.5 Å². The molecular formula is C39H39F3N4O6. The number of benzene rings is 3. The normalized spacial score (nSPS) is 18.2. The minimum Gasteiger partial charge on any atom is -0.459 e. The van der Waals surface area contributed by atoms with Crippen LogP contribution in [0.15, 0.2) is 90.1 Å². The molecule has 0 aliphatic carbocycles. The van der Waals surface area contributed by atoms with Crippen LogP contribution in [0.25, 0.3) is 0 Å². The predicted molar refractivity (Wildman–Crippen MR) is 184 cm³/mol. The van der Waals surface area contributed by atoms with Crippen LogP contribution in [0, 0.1) is 11.3 Å². The van der Waals surface area contributed by atoms with Gasteiger partial charge < -0.3 is 14.4 Å². The van der Waals surface area contributed by atoms with Crippen molar-refractivity contribution < 1.29 is 41.8 Å². The zero-order valence-corrected chi connectivity index (χ0v) is 29.3. The van der Waals surface area contributed by atoms with Crippen molar-refractivity contribution in [2.75, 3.05) is 18.0 Å². The Morgan fingerprint density at radius 1 is 0.942 bits per heavy atom. The average molecular weight is 717 g/mol. The number of anilines is 1. The van der Waals surface area contributed by atoms with Gasteiger partial charge in [0.05, 0.1) is 35.0 Å². The number of likely N-dealkylation sites (tertiary alicyclic amines) is 1. The van der Waals surface area contributed by atoms with Crippen LogP contribution in [0.3, 0.4) is 0 Å². The van der Waals surface area contributed by atoms with E-state index >= 15 is 4.79 Å². The molecule has 0 bridgehead atoms. The van der Waals surface area contributed by atoms with Gasteiger partial charge in [-0.05, 0) is 88.4 Å². The molecule has 272 valence electrons. The maximum Gasteiger partial charge on any atom is 0.416 e. The highest BCUT2D eigenvalue weighted by Crippen LogP contribution is 2.42. The first-order valence-corrected chi connectivity index (χ1v) is 16.8. The predicted octanol–water partition coefficient (Wildman–Crippen LogP) is 7.94. The lowest BCUT2D eigenvalue weighted by Gasteiger charge is -2.44. The van der Waals surface area contributed by atoms with Crippen LogP contribution in [-0.2, 0) is 31.8 Å². The number of ether oxygens (including phenoxy) is 2. The zero-order valence-electron chi connectivity index (χ0n) is 29.3. The van der Waals surface area contributed by atoms with Crippen LogP contribution < -0.4 is 4.90 Å². The summed E-state index contributed by atoms with van der Waals surface area (Å²) in [6.45, 7) is 5.88. The molecule has 1 saturated heterocycles. The molecule has 2 heterocycles. The highest BCUT2D eigenvalue weighted by Gasteiger charge is 2.47. The van der Waals surface area contributed by atoms with E-state index in [9.17, 15) is 32.8 Å². The number of rotatable bonds is 8. The monoisotopic (exact) mass is 716 g/mol. The van der Waals surface area contributed by atoms with Crippen molar-refractivity contribution in [1.29, 1.82) is 5.26 Å². The number of carbonyl (C=O) groups is 4. The Hall–Kier alpha value is -5.64. The molecule has 0 aromatic heterocycles. The van der Waals surface area contributed by atoms with E-state index in [1.54, 1.807) is 57.2 Å². The summed E-state index contributed by atoms with van der Waals surface area (Å²) in [5.41, 5.74) is -0.752. The third-order valence-electron chi connectivity index (χ3n) is 8.76. The molecule has 52 heavy (non-hydrogen) atoms. The molecule has 1 fully saturated rings. The summed E-state index contributed by atoms with van der Waals surface area (Å²) in [6.07, 6.45) is -4.03. The number of piperidine rings is 1. The quantitative estimate of drug-likeness (QED) is 0.217. The summed E-state index contributed by atoms with van der Waals surface area (Å²) < 4.78 is 52.9. The van der Waals surface area contributed by atoms with Gasteiger partial charge in [0.25, 0.3) is 0 Å². The number of esters is 1. The lowest BCUT2D eigenvalue weighted by Crippen LogP contribution is -2.55. The molecule has 0 radical (unpaired) electrons. The second-order valence-corrected chi connectivity index (χ2v) is 13.6. The van der Waals surface area contributed by atoms with E-state index in [1.807, 2.05) is 12.1 Å². The minimum atomic E-state index is -4.74. The molecule has 2 atom stereocenters. The smallest absolute Gasteiger partial charge is 0.416 e. The maximum absolute atomic E-state index is 15.0. The average Bonchev–Trinajstić information content (AvgIpc) is 3.11. The van der Waals surface area contributed by atoms with Crippen molar-refractivity contribution in [3.63, 3.8) is 0 Å². The summed E-state index contributed by atoms with van der Waals surface area (Å²) in [5.74, 6) is -1.39. The van der Waals surface area contributed by atoms with E-state index in [4.69, 9.17) is 9.47 Å². The highest BCUT2D eigenvalue weighted by atomic mass is 19.4. The van der Waals surface area contributed by atoms with Crippen LogP contribution >= 0.6 is 0 Å². The number of nitriles is 1. The number of carbonyl (C=O) groups excluding carboxylic acids is 4. The van der Waals surface area contributed by atoms with E-state index in [2.05, 4.69) is 0 Å². The Morgan fingerprint density at radius 2 is 1.63 bits per heavy atom. The van der Waals surface area contributed by atoms with Gasteiger partial charge in [0.1, 0.15) is 18.8 Å². The van der Waals surface area contributed by atoms with E-state index in [0.717, 1.165) is 33.6 Å². The fourth-order valence-corrected chi connectivity index (χ4v) is 6.46. The van der Waals surface area contributed by atoms with E-state index < -0.39 is 59.8 Å². The fourth-order valence-electron chi connectivity index (χ4n) is 6.46. The first-order valence-electron chi connectivity index (χ1n) is 16.8. The molecule has 3 aromatic carbocycles. The number of halogens is 3. The zero-order chi connectivity index (χ0) is 37.8. The number of hydrogen-bond donors (Lipinski definition) is 0. The van der Waals surface area contributed by atoms with E-state index in [1.165, 1.54) is 30.0 Å². The van der Waals surface area contributed by atoms with Gasteiger partial charge in [0, 0.05) is 17.8 Å². The lowest BCUT2D eigenvalue weighted by atomic mass is 9.84. The largest absolute Gasteiger partial charge is 0.459 e. The lowest BCUT2D eigenvalue weighted by molar-refractivity contribution is -0.156. The third-order valence-corrected chi connectivity index (χ3v) is 8.76. The number of amides is 3. The molecule has 10 nitrogen and oxygen atoms in total. The maximum atomic E-state index is 15.0. The number of urea groups is 1. The van der Waals surface area contributed by atoms with Crippen LogP contribution in [-0.4, -0.2) is 58.4 Å². The van der Waals surface area contributed by atoms with Crippen LogP contribution in [0.5, 0.6) is 0 Å². The number of hydrogen-bond acceptors (Lipinski definition) is 7. The number of nitrogens with zero attached hydrogens (tertiary/aromatic N) is 4. The number of Topliss-reactive ketones (excluding diaryl/α,β-unsaturated/α-hetero) is 1. The molecule has 5 rings (SSSR count). The molecule has 2 aliphatic heterocycles. The van der Waals surface area contributed by atoms with Gasteiger partial charge in [-0.15, -0.1) is 0 Å². The van der Waals surface area contributed by atoms with Crippen molar-refractivity contribution >= 4 is 29.6 Å². The Labute approximate surface area is 300 Å². The van der Waals surface area contributed by atoms with Crippen LogP contribution in [0.2, 0.25) is 0 Å². The molecule has 3 aromatic rings. The Balaban J connectivity index is 1.66. The van der Waals surface area contributed by atoms with Crippen molar-refractivity contribution in [2.24, 2.45) is 0 Å². The van der Waals surface area contributed by atoms with E-state index in [-0.39, 0.29) is 36.5 Å². The van der Waals surface area contributed by atoms with Gasteiger partial charge in [0.15, 0.2) is 5.78 Å². The molecule has 0 N–H and O–H groups in total. The first kappa shape index (κ1) is 37.6. The molecule has 2 unspecified atom stereocenters. The topological polar surface area (TPSA) is 120 Å². The van der Waals surface area contributed by atoms with E-state index in [0.29, 0.717) is 24.0 Å². The van der Waals surface area contributed by atoms with Gasteiger partial charge in [-0.2, -0.15) is 18.4 Å². The molecule has 3 amide bonds. The summed E-state index contributed by atoms with van der Waals surface area (Å²) in [5, 5.41) is 9.48. The van der Waals surface area contributed by atoms with Gasteiger partial charge in [-0.25, -0.2) is 9.59 Å². The van der Waals surface area contributed by atoms with Crippen molar-refractivity contribution in [2.45, 2.75) is 77.4 Å². The Morgan fingerprint density at radius 3 is 2.27 bits per heavy atom. The van der Waals surface area contributed by atoms with Gasteiger partial charge >= 0.3 is 24.3 Å². The molecule has 0 spiro atoms. The van der Waals surface area contributed by atoms with Gasteiger partial charge in [-0.3, -0.25) is 19.4 Å². The second-order valence-electron chi connectivity index (χ2n) is 13.6. The minimum absolute atomic E-state index is 0.0157. The van der Waals surface area contributed by atoms with Crippen molar-refractivity contribution in [3.05, 3.63) is 112 Å². The Bertz CT molecular complexity index is 1900. The van der Waals surface area contributed by atoms with Crippen molar-refractivity contribution in [1.82, 2.24) is 9.80 Å². The Kier molecular flexibility index (Phi) is 11.1. The molecular weight excluding hydrogens is 677 g/mol. The molecule has 2 aliphatic rings. The fraction of sp³-hybridized carbons (Fsp3) is 0.359. The van der Waals surface area contributed by atoms with Gasteiger partial charge in [0.2, 0.25) is 0 Å². The van der Waals surface area contributed by atoms with Crippen LogP contribution in [0.4, 0.5) is 28.4 Å². The molecule has 0 saturated carbocycles. The summed E-state index contributed by atoms with van der Waals surface area (Å²) in [7, 11) is 0. The number of alkyl halides is 3. The summed E-state index contributed by atoms with van der Waals surface area (Å²) >= 11 is 0. The molecule has 13 heteroatoms. The summed E-state index contributed by atoms with van der Waals surface area (Å²) in [6, 6.07) is 18.1. The number of allylic oxidation sites excluding steroid dienone is 1.